The molecule has 2 aromatic carbocycles. The number of ether oxygens (including phenoxy) is 3. The number of amides is 1. The number of carbonyl (C=O) groups is 1. The second-order valence-electron chi connectivity index (χ2n) is 4.88. The third kappa shape index (κ3) is 6.26. The normalized spacial score (nSPS) is 10.5. The first-order valence-electron chi connectivity index (χ1n) is 7.63. The Morgan fingerprint density at radius 3 is 2.52 bits per heavy atom. The van der Waals surface area contributed by atoms with Crippen LogP contribution >= 0.6 is 22.6 Å². The molecule has 0 radical (unpaired) electrons. The zero-order valence-corrected chi connectivity index (χ0v) is 16.1. The lowest BCUT2D eigenvalue weighted by atomic mass is 10.2. The van der Waals surface area contributed by atoms with Gasteiger partial charge >= 0.3 is 0 Å². The van der Waals surface area contributed by atoms with E-state index >= 15 is 0 Å². The van der Waals surface area contributed by atoms with Crippen molar-refractivity contribution in [3.63, 3.8) is 0 Å². The molecule has 0 atom stereocenters. The SMILES string of the molecule is CCOc1ccc(/C=N/NC(=O)COc2ccc(OC)cc2)cc1I. The predicted molar refractivity (Wildman–Crippen MR) is 105 cm³/mol. The highest BCUT2D eigenvalue weighted by atomic mass is 127. The largest absolute Gasteiger partial charge is 0.497 e. The van der Waals surface area contributed by atoms with E-state index in [-0.39, 0.29) is 12.5 Å². The van der Waals surface area contributed by atoms with Crippen molar-refractivity contribution in [1.29, 1.82) is 0 Å². The molecule has 25 heavy (non-hydrogen) atoms. The van der Waals surface area contributed by atoms with Gasteiger partial charge in [0.15, 0.2) is 6.61 Å². The van der Waals surface area contributed by atoms with Gasteiger partial charge in [-0.1, -0.05) is 0 Å². The minimum atomic E-state index is -0.340. The second-order valence-corrected chi connectivity index (χ2v) is 6.04. The summed E-state index contributed by atoms with van der Waals surface area (Å²) in [6, 6.07) is 12.7. The van der Waals surface area contributed by atoms with Crippen LogP contribution in [0.15, 0.2) is 47.6 Å². The number of nitrogens with zero attached hydrogens (tertiary/aromatic N) is 1. The molecule has 2 rings (SSSR count). The Hall–Kier alpha value is -2.29. The average molecular weight is 454 g/mol. The third-order valence-corrected chi connectivity index (χ3v) is 3.93. The Balaban J connectivity index is 1.80. The fraction of sp³-hybridized carbons (Fsp3) is 0.222. The molecular formula is C18H19IN2O4. The van der Waals surface area contributed by atoms with Gasteiger partial charge in [-0.15, -0.1) is 0 Å². The Morgan fingerprint density at radius 1 is 1.16 bits per heavy atom. The van der Waals surface area contributed by atoms with Crippen molar-refractivity contribution in [3.8, 4) is 17.2 Å². The first-order valence-corrected chi connectivity index (χ1v) is 8.71. The molecule has 0 aliphatic heterocycles. The van der Waals surface area contributed by atoms with Crippen molar-refractivity contribution >= 4 is 34.7 Å². The van der Waals surface area contributed by atoms with Crippen molar-refractivity contribution in [1.82, 2.24) is 5.43 Å². The Labute approximate surface area is 160 Å². The Kier molecular flexibility index (Phi) is 7.52. The summed E-state index contributed by atoms with van der Waals surface area (Å²) in [5, 5.41) is 3.93. The Morgan fingerprint density at radius 2 is 1.88 bits per heavy atom. The molecule has 6 nitrogen and oxygen atoms in total. The van der Waals surface area contributed by atoms with Crippen LogP contribution in [0.25, 0.3) is 0 Å². The fourth-order valence-electron chi connectivity index (χ4n) is 1.90. The van der Waals surface area contributed by atoms with Gasteiger partial charge < -0.3 is 14.2 Å². The highest BCUT2D eigenvalue weighted by Gasteiger charge is 2.03. The summed E-state index contributed by atoms with van der Waals surface area (Å²) in [6.07, 6.45) is 1.57. The third-order valence-electron chi connectivity index (χ3n) is 3.09. The van der Waals surface area contributed by atoms with Crippen molar-refractivity contribution in [2.45, 2.75) is 6.92 Å². The number of benzene rings is 2. The summed E-state index contributed by atoms with van der Waals surface area (Å²) in [6.45, 7) is 2.44. The van der Waals surface area contributed by atoms with Crippen molar-refractivity contribution < 1.29 is 19.0 Å². The smallest absolute Gasteiger partial charge is 0.277 e. The van der Waals surface area contributed by atoms with Crippen LogP contribution in [0.1, 0.15) is 12.5 Å². The van der Waals surface area contributed by atoms with Crippen LogP contribution in [-0.4, -0.2) is 32.4 Å². The van der Waals surface area contributed by atoms with Crippen molar-refractivity contribution in [2.75, 3.05) is 20.3 Å². The van der Waals surface area contributed by atoms with Gasteiger partial charge in [0, 0.05) is 0 Å². The Bertz CT molecular complexity index is 732. The van der Waals surface area contributed by atoms with Crippen LogP contribution in [-0.2, 0) is 4.79 Å². The van der Waals surface area contributed by atoms with Crippen LogP contribution < -0.4 is 19.6 Å². The number of hydrogen-bond donors (Lipinski definition) is 1. The van der Waals surface area contributed by atoms with Gasteiger partial charge in [0.2, 0.25) is 0 Å². The number of halogens is 1. The molecule has 1 N–H and O–H groups in total. The maximum Gasteiger partial charge on any atom is 0.277 e. The van der Waals surface area contributed by atoms with E-state index in [0.29, 0.717) is 12.4 Å². The van der Waals surface area contributed by atoms with Crippen LogP contribution in [0, 0.1) is 3.57 Å². The summed E-state index contributed by atoms with van der Waals surface area (Å²) in [5.41, 5.74) is 3.30. The number of hydrogen-bond acceptors (Lipinski definition) is 5. The molecule has 0 fully saturated rings. The van der Waals surface area contributed by atoms with Gasteiger partial charge in [-0.3, -0.25) is 4.79 Å². The van der Waals surface area contributed by atoms with Gasteiger partial charge in [-0.25, -0.2) is 5.43 Å². The second kappa shape index (κ2) is 9.87. The van der Waals surface area contributed by atoms with E-state index in [9.17, 15) is 4.79 Å². The lowest BCUT2D eigenvalue weighted by Crippen LogP contribution is -2.24. The number of hydrazone groups is 1. The van der Waals surface area contributed by atoms with Crippen molar-refractivity contribution in [3.05, 3.63) is 51.6 Å². The van der Waals surface area contributed by atoms with Crippen LogP contribution in [0.5, 0.6) is 17.2 Å². The maximum atomic E-state index is 11.7. The summed E-state index contributed by atoms with van der Waals surface area (Å²) in [5.74, 6) is 1.80. The molecule has 0 heterocycles. The van der Waals surface area contributed by atoms with Gasteiger partial charge in [0.1, 0.15) is 17.2 Å². The molecule has 0 bridgehead atoms. The lowest BCUT2D eigenvalue weighted by Gasteiger charge is -2.06. The molecule has 0 aliphatic carbocycles. The topological polar surface area (TPSA) is 69.2 Å². The van der Waals surface area contributed by atoms with Crippen LogP contribution in [0.2, 0.25) is 0 Å². The zero-order chi connectivity index (χ0) is 18.1. The van der Waals surface area contributed by atoms with Crippen LogP contribution in [0.4, 0.5) is 0 Å². The summed E-state index contributed by atoms with van der Waals surface area (Å²) in [4.78, 5) is 11.7. The van der Waals surface area contributed by atoms with Gasteiger partial charge in [0.25, 0.3) is 5.91 Å². The zero-order valence-electron chi connectivity index (χ0n) is 14.0. The molecular weight excluding hydrogens is 435 g/mol. The molecule has 0 saturated carbocycles. The summed E-state index contributed by atoms with van der Waals surface area (Å²) in [7, 11) is 1.59. The van der Waals surface area contributed by atoms with E-state index in [0.717, 1.165) is 20.6 Å². The summed E-state index contributed by atoms with van der Waals surface area (Å²) < 4.78 is 16.9. The molecule has 0 unspecified atom stereocenters. The lowest BCUT2D eigenvalue weighted by molar-refractivity contribution is -0.123. The molecule has 132 valence electrons. The molecule has 7 heteroatoms. The molecule has 2 aromatic rings. The number of rotatable bonds is 8. The molecule has 0 spiro atoms. The first kappa shape index (κ1) is 19.0. The monoisotopic (exact) mass is 454 g/mol. The minimum absolute atomic E-state index is 0.121. The molecule has 1 amide bonds. The highest BCUT2D eigenvalue weighted by molar-refractivity contribution is 14.1. The molecule has 0 aliphatic rings. The summed E-state index contributed by atoms with van der Waals surface area (Å²) >= 11 is 2.20. The average Bonchev–Trinajstić information content (AvgIpc) is 2.63. The quantitative estimate of drug-likeness (QED) is 0.378. The van der Waals surface area contributed by atoms with Crippen LogP contribution in [0.3, 0.4) is 0 Å². The van der Waals surface area contributed by atoms with Gasteiger partial charge in [-0.05, 0) is 77.5 Å². The molecule has 0 aromatic heterocycles. The number of nitrogens with one attached hydrogen (secondary N) is 1. The van der Waals surface area contributed by atoms with E-state index in [2.05, 4.69) is 33.1 Å². The highest BCUT2D eigenvalue weighted by Crippen LogP contribution is 2.21. The van der Waals surface area contributed by atoms with E-state index in [1.54, 1.807) is 37.6 Å². The van der Waals surface area contributed by atoms with E-state index in [1.807, 2.05) is 25.1 Å². The van der Waals surface area contributed by atoms with Gasteiger partial charge in [-0.2, -0.15) is 5.10 Å². The molecule has 0 saturated heterocycles. The maximum absolute atomic E-state index is 11.7. The first-order chi connectivity index (χ1) is 12.1. The number of carbonyl (C=O) groups excluding carboxylic acids is 1. The number of methoxy groups -OCH3 is 1. The van der Waals surface area contributed by atoms with E-state index in [1.165, 1.54) is 0 Å². The van der Waals surface area contributed by atoms with E-state index < -0.39 is 0 Å². The predicted octanol–water partition coefficient (Wildman–Crippen LogP) is 3.23. The van der Waals surface area contributed by atoms with Gasteiger partial charge in [0.05, 0.1) is 23.5 Å². The standard InChI is InChI=1S/C18H19IN2O4/c1-3-24-17-9-4-13(10-16(17)19)11-20-21-18(22)12-25-15-7-5-14(23-2)6-8-15/h4-11H,3,12H2,1-2H3,(H,21,22)/b20-11+. The van der Waals surface area contributed by atoms with Crippen molar-refractivity contribution in [2.24, 2.45) is 5.10 Å². The fourth-order valence-corrected chi connectivity index (χ4v) is 2.60. The van der Waals surface area contributed by atoms with E-state index in [4.69, 9.17) is 14.2 Å². The minimum Gasteiger partial charge on any atom is -0.497 e.